The van der Waals surface area contributed by atoms with Crippen molar-refractivity contribution in [3.05, 3.63) is 40.4 Å². The van der Waals surface area contributed by atoms with Crippen LogP contribution in [-0.4, -0.2) is 12.6 Å². The van der Waals surface area contributed by atoms with Gasteiger partial charge in [-0.05, 0) is 56.0 Å². The maximum absolute atomic E-state index is 4.02. The Morgan fingerprint density at radius 2 is 2.24 bits per heavy atom. The first-order chi connectivity index (χ1) is 8.15. The zero-order valence-corrected chi connectivity index (χ0v) is 12.0. The zero-order chi connectivity index (χ0) is 12.3. The van der Waals surface area contributed by atoms with Crippen LogP contribution >= 0.6 is 15.9 Å². The van der Waals surface area contributed by atoms with Crippen LogP contribution in [-0.2, 0) is 6.42 Å². The van der Waals surface area contributed by atoms with Crippen LogP contribution in [0.4, 0.5) is 0 Å². The highest BCUT2D eigenvalue weighted by Gasteiger charge is 2.13. The average Bonchev–Trinajstić information content (AvgIpc) is 2.29. The third-order valence-electron chi connectivity index (χ3n) is 3.34. The predicted octanol–water partition coefficient (Wildman–Crippen LogP) is 4.17. The molecule has 0 bridgehead atoms. The molecule has 1 unspecified atom stereocenters. The molecule has 1 saturated heterocycles. The molecule has 0 aliphatic carbocycles. The molecule has 1 aliphatic heterocycles. The molecule has 0 spiro atoms. The zero-order valence-electron chi connectivity index (χ0n) is 10.4. The van der Waals surface area contributed by atoms with Crippen LogP contribution in [0.15, 0.2) is 29.3 Å². The van der Waals surface area contributed by atoms with Gasteiger partial charge in [0.2, 0.25) is 0 Å². The Morgan fingerprint density at radius 3 is 2.88 bits per heavy atom. The highest BCUT2D eigenvalue weighted by molar-refractivity contribution is 9.10. The van der Waals surface area contributed by atoms with Gasteiger partial charge < -0.3 is 5.32 Å². The van der Waals surface area contributed by atoms with Crippen LogP contribution in [0.2, 0.25) is 0 Å². The summed E-state index contributed by atoms with van der Waals surface area (Å²) in [6.07, 6.45) is 5.11. The molecule has 2 rings (SSSR count). The van der Waals surface area contributed by atoms with Gasteiger partial charge in [-0.1, -0.05) is 40.6 Å². The van der Waals surface area contributed by atoms with Gasteiger partial charge in [0.1, 0.15) is 0 Å². The third-order valence-corrected chi connectivity index (χ3v) is 3.80. The number of benzene rings is 1. The van der Waals surface area contributed by atoms with Crippen molar-refractivity contribution >= 4 is 21.5 Å². The number of piperidine rings is 1. The van der Waals surface area contributed by atoms with E-state index in [0.29, 0.717) is 6.04 Å². The second-order valence-electron chi connectivity index (χ2n) is 4.98. The van der Waals surface area contributed by atoms with Crippen molar-refractivity contribution in [2.45, 2.75) is 38.6 Å². The van der Waals surface area contributed by atoms with Crippen molar-refractivity contribution in [2.75, 3.05) is 6.54 Å². The number of hydrogen-bond donors (Lipinski definition) is 1. The highest BCUT2D eigenvalue weighted by atomic mass is 79.9. The van der Waals surface area contributed by atoms with Crippen LogP contribution in [0.3, 0.4) is 0 Å². The lowest BCUT2D eigenvalue weighted by Crippen LogP contribution is -2.35. The fraction of sp³-hybridized carbons (Fsp3) is 0.467. The average molecular weight is 294 g/mol. The standard InChI is InChI=1S/C15H20BrN/c1-11(2)13-7-12(8-14(16)10-13)9-15-5-3-4-6-17-15/h7-8,10,15,17H,1,3-6,9H2,2H3. The lowest BCUT2D eigenvalue weighted by Gasteiger charge is -2.23. The molecule has 0 amide bonds. The molecule has 0 radical (unpaired) electrons. The Labute approximate surface area is 112 Å². The number of rotatable bonds is 3. The van der Waals surface area contributed by atoms with Crippen LogP contribution in [0.5, 0.6) is 0 Å². The molecule has 1 atom stereocenters. The fourth-order valence-corrected chi connectivity index (χ4v) is 2.94. The van der Waals surface area contributed by atoms with E-state index in [-0.39, 0.29) is 0 Å². The molecule has 1 aliphatic rings. The van der Waals surface area contributed by atoms with Gasteiger partial charge in [-0.25, -0.2) is 0 Å². The SMILES string of the molecule is C=C(C)c1cc(Br)cc(CC2CCCCN2)c1. The summed E-state index contributed by atoms with van der Waals surface area (Å²) in [5.41, 5.74) is 3.77. The normalized spacial score (nSPS) is 20.2. The van der Waals surface area contributed by atoms with E-state index >= 15 is 0 Å². The van der Waals surface area contributed by atoms with Gasteiger partial charge in [0.05, 0.1) is 0 Å². The third kappa shape index (κ3) is 3.68. The molecule has 1 heterocycles. The summed E-state index contributed by atoms with van der Waals surface area (Å²) in [4.78, 5) is 0. The largest absolute Gasteiger partial charge is 0.314 e. The Morgan fingerprint density at radius 1 is 1.41 bits per heavy atom. The molecule has 1 aromatic rings. The number of halogens is 1. The van der Waals surface area contributed by atoms with E-state index in [0.717, 1.165) is 16.5 Å². The van der Waals surface area contributed by atoms with Crippen molar-refractivity contribution in [2.24, 2.45) is 0 Å². The van der Waals surface area contributed by atoms with Gasteiger partial charge >= 0.3 is 0 Å². The summed E-state index contributed by atoms with van der Waals surface area (Å²) in [5, 5.41) is 3.60. The Hall–Kier alpha value is -0.600. The van der Waals surface area contributed by atoms with E-state index < -0.39 is 0 Å². The maximum atomic E-state index is 4.02. The Kier molecular flexibility index (Phi) is 4.41. The van der Waals surface area contributed by atoms with Crippen molar-refractivity contribution < 1.29 is 0 Å². The Bertz CT molecular complexity index is 405. The summed E-state index contributed by atoms with van der Waals surface area (Å²) in [5.74, 6) is 0. The molecule has 0 saturated carbocycles. The number of hydrogen-bond acceptors (Lipinski definition) is 1. The minimum Gasteiger partial charge on any atom is -0.314 e. The fourth-order valence-electron chi connectivity index (χ4n) is 2.40. The molecule has 1 fully saturated rings. The topological polar surface area (TPSA) is 12.0 Å². The summed E-state index contributed by atoms with van der Waals surface area (Å²) in [6.45, 7) is 7.25. The molecule has 2 heteroatoms. The van der Waals surface area contributed by atoms with Crippen LogP contribution in [0.25, 0.3) is 5.57 Å². The maximum Gasteiger partial charge on any atom is 0.0184 e. The predicted molar refractivity (Wildman–Crippen MR) is 78.2 cm³/mol. The molecule has 17 heavy (non-hydrogen) atoms. The van der Waals surface area contributed by atoms with Crippen LogP contribution < -0.4 is 5.32 Å². The highest BCUT2D eigenvalue weighted by Crippen LogP contribution is 2.22. The van der Waals surface area contributed by atoms with Gasteiger partial charge in [-0.2, -0.15) is 0 Å². The molecule has 1 N–H and O–H groups in total. The monoisotopic (exact) mass is 293 g/mol. The van der Waals surface area contributed by atoms with Crippen LogP contribution in [0.1, 0.15) is 37.3 Å². The number of nitrogens with one attached hydrogen (secondary N) is 1. The molecule has 1 nitrogen and oxygen atoms in total. The first-order valence-corrected chi connectivity index (χ1v) is 7.13. The van der Waals surface area contributed by atoms with E-state index in [1.807, 2.05) is 0 Å². The van der Waals surface area contributed by atoms with Crippen molar-refractivity contribution in [1.29, 1.82) is 0 Å². The van der Waals surface area contributed by atoms with Crippen molar-refractivity contribution in [3.8, 4) is 0 Å². The second-order valence-corrected chi connectivity index (χ2v) is 5.90. The molecular weight excluding hydrogens is 274 g/mol. The summed E-state index contributed by atoms with van der Waals surface area (Å²) >= 11 is 3.58. The summed E-state index contributed by atoms with van der Waals surface area (Å²) < 4.78 is 1.16. The van der Waals surface area contributed by atoms with Gasteiger partial charge in [-0.3, -0.25) is 0 Å². The summed E-state index contributed by atoms with van der Waals surface area (Å²) in [6, 6.07) is 7.28. The first-order valence-electron chi connectivity index (χ1n) is 6.34. The minimum absolute atomic E-state index is 0.649. The lowest BCUT2D eigenvalue weighted by atomic mass is 9.96. The van der Waals surface area contributed by atoms with Crippen molar-refractivity contribution in [3.63, 3.8) is 0 Å². The van der Waals surface area contributed by atoms with E-state index in [9.17, 15) is 0 Å². The summed E-state index contributed by atoms with van der Waals surface area (Å²) in [7, 11) is 0. The van der Waals surface area contributed by atoms with Crippen LogP contribution in [0, 0.1) is 0 Å². The Balaban J connectivity index is 2.11. The van der Waals surface area contributed by atoms with Gasteiger partial charge in [0.25, 0.3) is 0 Å². The quantitative estimate of drug-likeness (QED) is 0.882. The smallest absolute Gasteiger partial charge is 0.0184 e. The molecule has 92 valence electrons. The van der Waals surface area contributed by atoms with Crippen molar-refractivity contribution in [1.82, 2.24) is 5.32 Å². The van der Waals surface area contributed by atoms with E-state index in [1.165, 1.54) is 36.9 Å². The number of allylic oxidation sites excluding steroid dienone is 1. The van der Waals surface area contributed by atoms with E-state index in [1.54, 1.807) is 0 Å². The molecular formula is C15H20BrN. The van der Waals surface area contributed by atoms with Gasteiger partial charge in [0.15, 0.2) is 0 Å². The molecule has 1 aromatic carbocycles. The lowest BCUT2D eigenvalue weighted by molar-refractivity contribution is 0.399. The second kappa shape index (κ2) is 5.83. The molecule has 0 aromatic heterocycles. The van der Waals surface area contributed by atoms with Gasteiger partial charge in [0, 0.05) is 10.5 Å². The first kappa shape index (κ1) is 12.8. The minimum atomic E-state index is 0.649. The van der Waals surface area contributed by atoms with E-state index in [4.69, 9.17) is 0 Å². The van der Waals surface area contributed by atoms with Gasteiger partial charge in [-0.15, -0.1) is 0 Å². The van der Waals surface area contributed by atoms with E-state index in [2.05, 4.69) is 52.9 Å².